The number of aryl methyl sites for hydroxylation is 1. The molecule has 0 aliphatic rings. The van der Waals surface area contributed by atoms with Crippen LogP contribution in [-0.4, -0.2) is 12.9 Å². The number of methoxy groups -OCH3 is 1. The largest absolute Gasteiger partial charge is 0.496 e. The van der Waals surface area contributed by atoms with Crippen molar-refractivity contribution < 1.29 is 9.53 Å². The number of carbonyl (C=O) groups excluding carboxylic acids is 1. The van der Waals surface area contributed by atoms with Gasteiger partial charge in [0.25, 0.3) is 0 Å². The molecule has 2 aromatic rings. The molecule has 0 aliphatic carbocycles. The molecule has 0 spiro atoms. The molecule has 19 heavy (non-hydrogen) atoms. The quantitative estimate of drug-likeness (QED) is 0.761. The number of benzene rings is 2. The van der Waals surface area contributed by atoms with E-state index in [-0.39, 0.29) is 5.78 Å². The fraction of sp³-hybridized carbons (Fsp3) is 0.235. The van der Waals surface area contributed by atoms with Gasteiger partial charge in [-0.25, -0.2) is 0 Å². The topological polar surface area (TPSA) is 26.3 Å². The highest BCUT2D eigenvalue weighted by atomic mass is 16.5. The van der Waals surface area contributed by atoms with Crippen LogP contribution < -0.4 is 4.74 Å². The van der Waals surface area contributed by atoms with Crippen molar-refractivity contribution in [2.24, 2.45) is 0 Å². The first-order valence-electron chi connectivity index (χ1n) is 6.48. The molecule has 0 unspecified atom stereocenters. The monoisotopic (exact) mass is 254 g/mol. The second-order valence-electron chi connectivity index (χ2n) is 4.47. The minimum absolute atomic E-state index is 0.0849. The zero-order chi connectivity index (χ0) is 13.7. The first kappa shape index (κ1) is 13.3. The number of ketones is 1. The van der Waals surface area contributed by atoms with E-state index in [9.17, 15) is 4.79 Å². The summed E-state index contributed by atoms with van der Waals surface area (Å²) in [4.78, 5) is 12.3. The molecule has 0 atom stereocenters. The van der Waals surface area contributed by atoms with Crippen LogP contribution in [0.15, 0.2) is 48.5 Å². The molecular weight excluding hydrogens is 236 g/mol. The Bertz CT molecular complexity index is 556. The van der Waals surface area contributed by atoms with Crippen LogP contribution in [0.1, 0.15) is 28.4 Å². The summed E-state index contributed by atoms with van der Waals surface area (Å²) in [6.07, 6.45) is 1.42. The molecule has 98 valence electrons. The fourth-order valence-corrected chi connectivity index (χ4v) is 2.05. The Labute approximate surface area is 114 Å². The van der Waals surface area contributed by atoms with E-state index >= 15 is 0 Å². The van der Waals surface area contributed by atoms with Gasteiger partial charge in [0.05, 0.1) is 12.7 Å². The zero-order valence-corrected chi connectivity index (χ0v) is 11.3. The lowest BCUT2D eigenvalue weighted by atomic mass is 10.0. The lowest BCUT2D eigenvalue weighted by Gasteiger charge is -2.07. The number of para-hydroxylation sites is 1. The fourth-order valence-electron chi connectivity index (χ4n) is 2.05. The minimum atomic E-state index is 0.0849. The first-order valence-corrected chi connectivity index (χ1v) is 6.48. The molecular formula is C17H18O2. The maximum absolute atomic E-state index is 12.3. The summed E-state index contributed by atoms with van der Waals surface area (Å²) in [5.41, 5.74) is 2.96. The molecule has 0 bridgehead atoms. The zero-order valence-electron chi connectivity index (χ0n) is 11.3. The number of Topliss-reactive ketones (excluding diaryl/α,β-unsaturated/α-hetero) is 1. The standard InChI is InChI=1S/C17H18O2/c1-3-13-8-10-14(11-9-13)12-16(18)15-6-4-5-7-17(15)19-2/h4-11H,3,12H2,1-2H3. The Balaban J connectivity index is 2.16. The van der Waals surface area contributed by atoms with Crippen LogP contribution in [0.2, 0.25) is 0 Å². The molecule has 2 heteroatoms. The van der Waals surface area contributed by atoms with E-state index in [1.54, 1.807) is 7.11 Å². The number of rotatable bonds is 5. The normalized spacial score (nSPS) is 10.2. The van der Waals surface area contributed by atoms with Gasteiger partial charge in [-0.3, -0.25) is 4.79 Å². The number of hydrogen-bond acceptors (Lipinski definition) is 2. The average molecular weight is 254 g/mol. The molecule has 0 amide bonds. The molecule has 0 heterocycles. The maximum Gasteiger partial charge on any atom is 0.170 e. The Morgan fingerprint density at radius 2 is 1.63 bits per heavy atom. The third-order valence-corrected chi connectivity index (χ3v) is 3.20. The van der Waals surface area contributed by atoms with Crippen molar-refractivity contribution in [3.63, 3.8) is 0 Å². The smallest absolute Gasteiger partial charge is 0.170 e. The predicted molar refractivity (Wildman–Crippen MR) is 76.8 cm³/mol. The van der Waals surface area contributed by atoms with Crippen molar-refractivity contribution in [3.8, 4) is 5.75 Å². The molecule has 0 radical (unpaired) electrons. The van der Waals surface area contributed by atoms with Crippen molar-refractivity contribution in [3.05, 3.63) is 65.2 Å². The highest BCUT2D eigenvalue weighted by Gasteiger charge is 2.11. The molecule has 0 N–H and O–H groups in total. The van der Waals surface area contributed by atoms with E-state index in [4.69, 9.17) is 4.74 Å². The van der Waals surface area contributed by atoms with E-state index in [0.717, 1.165) is 12.0 Å². The lowest BCUT2D eigenvalue weighted by Crippen LogP contribution is -2.05. The van der Waals surface area contributed by atoms with Crippen molar-refractivity contribution in [1.82, 2.24) is 0 Å². The Morgan fingerprint density at radius 1 is 1.00 bits per heavy atom. The summed E-state index contributed by atoms with van der Waals surface area (Å²) in [6, 6.07) is 15.5. The second kappa shape index (κ2) is 6.19. The van der Waals surface area contributed by atoms with Crippen LogP contribution in [0, 0.1) is 0 Å². The molecule has 2 aromatic carbocycles. The summed E-state index contributed by atoms with van der Waals surface area (Å²) >= 11 is 0. The van der Waals surface area contributed by atoms with Gasteiger partial charge < -0.3 is 4.74 Å². The molecule has 0 fully saturated rings. The van der Waals surface area contributed by atoms with Crippen LogP contribution in [-0.2, 0) is 12.8 Å². The predicted octanol–water partition coefficient (Wildman–Crippen LogP) is 3.68. The summed E-state index contributed by atoms with van der Waals surface area (Å²) in [7, 11) is 1.59. The number of hydrogen-bond donors (Lipinski definition) is 0. The van der Waals surface area contributed by atoms with E-state index in [1.807, 2.05) is 36.4 Å². The summed E-state index contributed by atoms with van der Waals surface area (Å²) in [5, 5.41) is 0. The third kappa shape index (κ3) is 3.22. The second-order valence-corrected chi connectivity index (χ2v) is 4.47. The van der Waals surface area contributed by atoms with Gasteiger partial charge in [-0.2, -0.15) is 0 Å². The van der Waals surface area contributed by atoms with E-state index in [1.165, 1.54) is 5.56 Å². The van der Waals surface area contributed by atoms with Gasteiger partial charge in [-0.05, 0) is 29.7 Å². The van der Waals surface area contributed by atoms with Crippen LogP contribution >= 0.6 is 0 Å². The Kier molecular flexibility index (Phi) is 4.35. The summed E-state index contributed by atoms with van der Waals surface area (Å²) in [5.74, 6) is 0.722. The molecule has 0 aliphatic heterocycles. The van der Waals surface area contributed by atoms with E-state index in [2.05, 4.69) is 19.1 Å². The average Bonchev–Trinajstić information content (AvgIpc) is 2.48. The summed E-state index contributed by atoms with van der Waals surface area (Å²) < 4.78 is 5.22. The van der Waals surface area contributed by atoms with Gasteiger partial charge in [-0.15, -0.1) is 0 Å². The Morgan fingerprint density at radius 3 is 2.26 bits per heavy atom. The van der Waals surface area contributed by atoms with Gasteiger partial charge in [0.1, 0.15) is 5.75 Å². The minimum Gasteiger partial charge on any atom is -0.496 e. The van der Waals surface area contributed by atoms with Crippen LogP contribution in [0.25, 0.3) is 0 Å². The van der Waals surface area contributed by atoms with Gasteiger partial charge in [-0.1, -0.05) is 43.3 Å². The van der Waals surface area contributed by atoms with Crippen LogP contribution in [0.3, 0.4) is 0 Å². The molecule has 0 saturated carbocycles. The van der Waals surface area contributed by atoms with Crippen molar-refractivity contribution in [1.29, 1.82) is 0 Å². The number of carbonyl (C=O) groups is 1. The van der Waals surface area contributed by atoms with Crippen molar-refractivity contribution in [2.45, 2.75) is 19.8 Å². The first-order chi connectivity index (χ1) is 9.24. The van der Waals surface area contributed by atoms with Gasteiger partial charge >= 0.3 is 0 Å². The maximum atomic E-state index is 12.3. The van der Waals surface area contributed by atoms with Crippen molar-refractivity contribution in [2.75, 3.05) is 7.11 Å². The SMILES string of the molecule is CCc1ccc(CC(=O)c2ccccc2OC)cc1. The highest BCUT2D eigenvalue weighted by Crippen LogP contribution is 2.19. The Hall–Kier alpha value is -2.09. The van der Waals surface area contributed by atoms with Gasteiger partial charge in [0.2, 0.25) is 0 Å². The molecule has 0 saturated heterocycles. The lowest BCUT2D eigenvalue weighted by molar-refractivity contribution is 0.0990. The van der Waals surface area contributed by atoms with Gasteiger partial charge in [0, 0.05) is 6.42 Å². The van der Waals surface area contributed by atoms with Gasteiger partial charge in [0.15, 0.2) is 5.78 Å². The third-order valence-electron chi connectivity index (χ3n) is 3.20. The van der Waals surface area contributed by atoms with E-state index in [0.29, 0.717) is 17.7 Å². The molecule has 2 nitrogen and oxygen atoms in total. The highest BCUT2D eigenvalue weighted by molar-refractivity contribution is 5.99. The molecule has 0 aromatic heterocycles. The van der Waals surface area contributed by atoms with E-state index < -0.39 is 0 Å². The summed E-state index contributed by atoms with van der Waals surface area (Å²) in [6.45, 7) is 2.12. The number of ether oxygens (including phenoxy) is 1. The molecule has 2 rings (SSSR count). The van der Waals surface area contributed by atoms with Crippen LogP contribution in [0.5, 0.6) is 5.75 Å². The van der Waals surface area contributed by atoms with Crippen molar-refractivity contribution >= 4 is 5.78 Å². The van der Waals surface area contributed by atoms with Crippen LogP contribution in [0.4, 0.5) is 0 Å².